The Labute approximate surface area is 187 Å². The number of thiocyanates is 1. The van der Waals surface area contributed by atoms with Gasteiger partial charge in [0.1, 0.15) is 5.40 Å². The predicted molar refractivity (Wildman–Crippen MR) is 73.3 cm³/mol. The maximum atomic E-state index is 13.5. The smallest absolute Gasteiger partial charge is 0.200 e. The Balaban J connectivity index is 6.93. The van der Waals surface area contributed by atoms with Crippen LogP contribution in [-0.4, -0.2) is 65.2 Å². The highest BCUT2D eigenvalue weighted by molar-refractivity contribution is 8.03. The zero-order valence-corrected chi connectivity index (χ0v) is 16.5. The van der Waals surface area contributed by atoms with Gasteiger partial charge in [-0.15, -0.1) is 0 Å². The van der Waals surface area contributed by atoms with Crippen molar-refractivity contribution in [2.24, 2.45) is 0 Å². The normalized spacial score (nSPS) is 16.2. The van der Waals surface area contributed by atoms with Crippen LogP contribution >= 0.6 is 11.8 Å². The molecule has 36 heavy (non-hydrogen) atoms. The fourth-order valence-electron chi connectivity index (χ4n) is 1.97. The molecule has 0 aromatic carbocycles. The van der Waals surface area contributed by atoms with Crippen LogP contribution in [0.1, 0.15) is 6.42 Å². The van der Waals surface area contributed by atoms with Crippen molar-refractivity contribution in [3.8, 4) is 5.40 Å². The minimum Gasteiger partial charge on any atom is -0.200 e. The van der Waals surface area contributed by atoms with Crippen LogP contribution in [0.25, 0.3) is 0 Å². The minimum atomic E-state index is -9.17. The lowest BCUT2D eigenvalue weighted by Crippen LogP contribution is -2.76. The van der Waals surface area contributed by atoms with Crippen LogP contribution in [0.2, 0.25) is 0 Å². The predicted octanol–water partition coefficient (Wildman–Crippen LogP) is 7.87. The number of thioether (sulfide) groups is 1. The topological polar surface area (TPSA) is 23.8 Å². The van der Waals surface area contributed by atoms with E-state index in [2.05, 4.69) is 0 Å². The number of rotatable bonds is 11. The number of alkyl halides is 21. The van der Waals surface area contributed by atoms with Crippen LogP contribution in [0.15, 0.2) is 0 Å². The van der Waals surface area contributed by atoms with Gasteiger partial charge in [-0.25, -0.2) is 0 Å². The van der Waals surface area contributed by atoms with Crippen molar-refractivity contribution in [2.75, 3.05) is 5.75 Å². The van der Waals surface area contributed by atoms with Crippen LogP contribution in [-0.2, 0) is 0 Å². The summed E-state index contributed by atoms with van der Waals surface area (Å²) in [7, 11) is 0. The summed E-state index contributed by atoms with van der Waals surface area (Å²) in [5.41, 5.74) is 0. The third kappa shape index (κ3) is 4.37. The molecule has 0 heterocycles. The van der Waals surface area contributed by atoms with Crippen molar-refractivity contribution in [2.45, 2.75) is 65.9 Å². The van der Waals surface area contributed by atoms with Crippen LogP contribution in [0.4, 0.5) is 92.2 Å². The highest BCUT2D eigenvalue weighted by Crippen LogP contribution is 2.66. The Morgan fingerprint density at radius 2 is 0.667 bits per heavy atom. The molecule has 0 radical (unpaired) electrons. The van der Waals surface area contributed by atoms with Crippen LogP contribution < -0.4 is 0 Å². The highest BCUT2D eigenvalue weighted by atomic mass is 32.2. The van der Waals surface area contributed by atoms with Gasteiger partial charge in [0.15, 0.2) is 0 Å². The molecule has 0 saturated heterocycles. The average Bonchev–Trinajstić information content (AvgIpc) is 2.65. The lowest BCUT2D eigenvalue weighted by Gasteiger charge is -2.44. The highest BCUT2D eigenvalue weighted by Gasteiger charge is 2.97. The lowest BCUT2D eigenvalue weighted by atomic mass is 9.86. The van der Waals surface area contributed by atoms with Crippen LogP contribution in [0.5, 0.6) is 0 Å². The van der Waals surface area contributed by atoms with Crippen molar-refractivity contribution < 1.29 is 92.2 Å². The van der Waals surface area contributed by atoms with Crippen molar-refractivity contribution >= 4 is 11.8 Å². The second kappa shape index (κ2) is 8.99. The van der Waals surface area contributed by atoms with Gasteiger partial charge in [-0.1, -0.05) is 0 Å². The average molecular weight is 605 g/mol. The molecule has 0 fully saturated rings. The van der Waals surface area contributed by atoms with Gasteiger partial charge < -0.3 is 0 Å². The number of hydrogen-bond donors (Lipinski definition) is 0. The zero-order chi connectivity index (χ0) is 29.8. The molecule has 23 heteroatoms. The van der Waals surface area contributed by atoms with Crippen molar-refractivity contribution in [1.29, 1.82) is 5.26 Å². The van der Waals surface area contributed by atoms with Gasteiger partial charge in [0, 0.05) is 12.2 Å². The summed E-state index contributed by atoms with van der Waals surface area (Å²) in [6.07, 6.45) is -10.8. The molecule has 0 saturated carbocycles. The summed E-state index contributed by atoms with van der Waals surface area (Å²) in [4.78, 5) is 0. The molecule has 0 bridgehead atoms. The quantitative estimate of drug-likeness (QED) is 0.136. The molecule has 0 spiro atoms. The first-order chi connectivity index (χ1) is 15.3. The summed E-state index contributed by atoms with van der Waals surface area (Å²) in [5.74, 6) is -78.5. The van der Waals surface area contributed by atoms with Crippen LogP contribution in [0, 0.1) is 10.7 Å². The Bertz CT molecular complexity index is 834. The second-order valence-corrected chi connectivity index (χ2v) is 7.37. The molecule has 214 valence electrons. The SMILES string of the molecule is N#CSCCC(F)(F)C(F)(F)C(F)(F)C(F)(F)C(F)(F)C(F)(F)C(F)(F)C(F)(F)C(F)(F)C(F)(F)F. The fourth-order valence-corrected chi connectivity index (χ4v) is 2.42. The van der Waals surface area contributed by atoms with Gasteiger partial charge in [-0.2, -0.15) is 97.5 Å². The molecular weight excluding hydrogens is 601 g/mol. The molecule has 0 unspecified atom stereocenters. The maximum Gasteiger partial charge on any atom is 0.460 e. The number of nitriles is 1. The molecule has 0 atom stereocenters. The van der Waals surface area contributed by atoms with E-state index in [0.717, 1.165) is 5.40 Å². The summed E-state index contributed by atoms with van der Waals surface area (Å²) in [6, 6.07) is 0. The Morgan fingerprint density at radius 3 is 0.917 bits per heavy atom. The van der Waals surface area contributed by atoms with Gasteiger partial charge in [0.05, 0.1) is 0 Å². The van der Waals surface area contributed by atoms with Crippen molar-refractivity contribution in [3.05, 3.63) is 0 Å². The Kier molecular flexibility index (Phi) is 8.58. The van der Waals surface area contributed by atoms with E-state index < -0.39 is 83.4 Å². The summed E-state index contributed by atoms with van der Waals surface area (Å²) in [5, 5.41) is 8.82. The fraction of sp³-hybridized carbons (Fsp3) is 0.923. The van der Waals surface area contributed by atoms with E-state index in [0.29, 0.717) is 0 Å². The van der Waals surface area contributed by atoms with E-state index in [1.807, 2.05) is 0 Å². The molecule has 0 aromatic heterocycles. The molecular formula is C13H4F21NS. The standard InChI is InChI=1S/C13H4F21NS/c14-4(15,1-2-36-3-35)5(16,17)6(18,19)7(20,21)8(22,23)9(24,25)10(26,27)11(28,29)12(30,31)13(32,33)34/h1-2H2. The van der Waals surface area contributed by atoms with Crippen LogP contribution in [0.3, 0.4) is 0 Å². The molecule has 1 nitrogen and oxygen atoms in total. The van der Waals surface area contributed by atoms with Crippen molar-refractivity contribution in [3.63, 3.8) is 0 Å². The second-order valence-electron chi connectivity index (χ2n) is 6.49. The summed E-state index contributed by atoms with van der Waals surface area (Å²) in [6.45, 7) is 0. The third-order valence-corrected chi connectivity index (χ3v) is 4.70. The van der Waals surface area contributed by atoms with Gasteiger partial charge >= 0.3 is 59.5 Å². The van der Waals surface area contributed by atoms with Gasteiger partial charge in [-0.3, -0.25) is 0 Å². The lowest BCUT2D eigenvalue weighted by molar-refractivity contribution is -0.474. The molecule has 0 aliphatic carbocycles. The number of hydrogen-bond acceptors (Lipinski definition) is 2. The largest absolute Gasteiger partial charge is 0.460 e. The molecule has 0 aromatic rings. The number of nitrogens with zero attached hydrogens (tertiary/aromatic N) is 1. The Hall–Kier alpha value is -1.63. The van der Waals surface area contributed by atoms with Crippen molar-refractivity contribution in [1.82, 2.24) is 0 Å². The summed E-state index contributed by atoms with van der Waals surface area (Å²) >= 11 is -0.464. The minimum absolute atomic E-state index is 0.464. The first-order valence-corrected chi connectivity index (χ1v) is 8.77. The van der Waals surface area contributed by atoms with E-state index in [1.165, 1.54) is 0 Å². The maximum absolute atomic E-state index is 13.5. The first-order valence-electron chi connectivity index (χ1n) is 7.79. The number of halogens is 21. The van der Waals surface area contributed by atoms with Gasteiger partial charge in [-0.05, 0) is 11.8 Å². The van der Waals surface area contributed by atoms with E-state index in [9.17, 15) is 92.2 Å². The van der Waals surface area contributed by atoms with E-state index in [1.54, 1.807) is 0 Å². The molecule has 0 N–H and O–H groups in total. The zero-order valence-electron chi connectivity index (χ0n) is 15.7. The van der Waals surface area contributed by atoms with E-state index in [4.69, 9.17) is 5.26 Å². The third-order valence-electron chi connectivity index (χ3n) is 4.16. The van der Waals surface area contributed by atoms with Gasteiger partial charge in [0.25, 0.3) is 0 Å². The monoisotopic (exact) mass is 605 g/mol. The van der Waals surface area contributed by atoms with Gasteiger partial charge in [0.2, 0.25) is 0 Å². The molecule has 0 aliphatic rings. The van der Waals surface area contributed by atoms with E-state index in [-0.39, 0.29) is 0 Å². The molecule has 0 amide bonds. The molecule has 0 aliphatic heterocycles. The molecule has 0 rings (SSSR count). The summed E-state index contributed by atoms with van der Waals surface area (Å²) < 4.78 is 275. The first kappa shape index (κ1) is 34.4. The Morgan fingerprint density at radius 1 is 0.417 bits per heavy atom. The van der Waals surface area contributed by atoms with E-state index >= 15 is 0 Å².